The second kappa shape index (κ2) is 7.28. The zero-order chi connectivity index (χ0) is 15.1. The number of aryl methyl sites for hydroxylation is 1. The number of rotatable bonds is 6. The number of ether oxygens (including phenoxy) is 1. The second-order valence-corrected chi connectivity index (χ2v) is 4.60. The fourth-order valence-corrected chi connectivity index (χ4v) is 1.84. The summed E-state index contributed by atoms with van der Waals surface area (Å²) in [6.45, 7) is 2.86. The Kier molecular flexibility index (Phi) is 5.15. The van der Waals surface area contributed by atoms with Crippen LogP contribution in [0.25, 0.3) is 0 Å². The minimum atomic E-state index is -0.208. The van der Waals surface area contributed by atoms with Gasteiger partial charge in [-0.1, -0.05) is 12.1 Å². The van der Waals surface area contributed by atoms with Crippen LogP contribution in [0.5, 0.6) is 5.75 Å². The number of amides is 1. The molecular formula is C16H19N3O2. The average Bonchev–Trinajstić information content (AvgIpc) is 2.51. The molecule has 2 aromatic rings. The van der Waals surface area contributed by atoms with Gasteiger partial charge in [-0.15, -0.1) is 0 Å². The SMILES string of the molecule is CNc1ccnc(C(=O)NCCOc2cccc(C)c2)c1. The third-order valence-electron chi connectivity index (χ3n) is 2.93. The summed E-state index contributed by atoms with van der Waals surface area (Å²) >= 11 is 0. The number of nitrogens with one attached hydrogen (secondary N) is 2. The molecule has 1 heterocycles. The molecule has 2 N–H and O–H groups in total. The van der Waals surface area contributed by atoms with Gasteiger partial charge in [0.1, 0.15) is 18.1 Å². The van der Waals surface area contributed by atoms with Gasteiger partial charge < -0.3 is 15.4 Å². The van der Waals surface area contributed by atoms with E-state index in [2.05, 4.69) is 15.6 Å². The van der Waals surface area contributed by atoms with Crippen molar-refractivity contribution in [2.24, 2.45) is 0 Å². The van der Waals surface area contributed by atoms with Gasteiger partial charge in [-0.25, -0.2) is 0 Å². The number of anilines is 1. The van der Waals surface area contributed by atoms with E-state index >= 15 is 0 Å². The lowest BCUT2D eigenvalue weighted by Gasteiger charge is -2.08. The number of nitrogens with zero attached hydrogens (tertiary/aromatic N) is 1. The van der Waals surface area contributed by atoms with Gasteiger partial charge in [0, 0.05) is 18.9 Å². The number of benzene rings is 1. The van der Waals surface area contributed by atoms with Crippen molar-refractivity contribution in [3.63, 3.8) is 0 Å². The third-order valence-corrected chi connectivity index (χ3v) is 2.93. The molecule has 1 aromatic heterocycles. The molecule has 0 saturated heterocycles. The molecule has 1 amide bonds. The lowest BCUT2D eigenvalue weighted by Crippen LogP contribution is -2.28. The Balaban J connectivity index is 1.79. The van der Waals surface area contributed by atoms with Crippen LogP contribution in [0.1, 0.15) is 16.1 Å². The Morgan fingerprint density at radius 1 is 1.29 bits per heavy atom. The molecule has 0 atom stereocenters. The maximum absolute atomic E-state index is 11.9. The van der Waals surface area contributed by atoms with Gasteiger partial charge in [-0.05, 0) is 36.8 Å². The van der Waals surface area contributed by atoms with Crippen LogP contribution in [0.2, 0.25) is 0 Å². The molecule has 1 aromatic carbocycles. The maximum Gasteiger partial charge on any atom is 0.270 e. The summed E-state index contributed by atoms with van der Waals surface area (Å²) in [6.07, 6.45) is 1.60. The molecule has 2 rings (SSSR count). The number of aromatic nitrogens is 1. The van der Waals surface area contributed by atoms with E-state index < -0.39 is 0 Å². The van der Waals surface area contributed by atoms with Gasteiger partial charge >= 0.3 is 0 Å². The smallest absolute Gasteiger partial charge is 0.270 e. The van der Waals surface area contributed by atoms with E-state index in [0.717, 1.165) is 17.0 Å². The first-order valence-corrected chi connectivity index (χ1v) is 6.80. The van der Waals surface area contributed by atoms with E-state index in [1.165, 1.54) is 0 Å². The monoisotopic (exact) mass is 285 g/mol. The average molecular weight is 285 g/mol. The quantitative estimate of drug-likeness (QED) is 0.799. The Morgan fingerprint density at radius 3 is 2.90 bits per heavy atom. The van der Waals surface area contributed by atoms with Crippen molar-refractivity contribution in [3.05, 3.63) is 53.9 Å². The highest BCUT2D eigenvalue weighted by atomic mass is 16.5. The fraction of sp³-hybridized carbons (Fsp3) is 0.250. The molecule has 0 aliphatic rings. The van der Waals surface area contributed by atoms with Gasteiger partial charge in [0.05, 0.1) is 6.54 Å². The van der Waals surface area contributed by atoms with Crippen molar-refractivity contribution in [2.45, 2.75) is 6.92 Å². The van der Waals surface area contributed by atoms with Gasteiger partial charge in [-0.2, -0.15) is 0 Å². The first-order chi connectivity index (χ1) is 10.2. The molecule has 0 radical (unpaired) electrons. The molecule has 5 heteroatoms. The number of carbonyl (C=O) groups is 1. The first-order valence-electron chi connectivity index (χ1n) is 6.80. The van der Waals surface area contributed by atoms with E-state index in [1.807, 2.05) is 31.2 Å². The molecule has 0 fully saturated rings. The van der Waals surface area contributed by atoms with Gasteiger partial charge in [0.15, 0.2) is 0 Å². The van der Waals surface area contributed by atoms with E-state index in [9.17, 15) is 4.79 Å². The summed E-state index contributed by atoms with van der Waals surface area (Å²) in [5.41, 5.74) is 2.38. The predicted octanol–water partition coefficient (Wildman–Crippen LogP) is 2.24. The van der Waals surface area contributed by atoms with Crippen molar-refractivity contribution in [1.29, 1.82) is 0 Å². The second-order valence-electron chi connectivity index (χ2n) is 4.60. The highest BCUT2D eigenvalue weighted by Gasteiger charge is 2.06. The van der Waals surface area contributed by atoms with E-state index in [0.29, 0.717) is 18.8 Å². The summed E-state index contributed by atoms with van der Waals surface area (Å²) < 4.78 is 5.57. The molecule has 0 aliphatic carbocycles. The summed E-state index contributed by atoms with van der Waals surface area (Å²) in [4.78, 5) is 16.0. The standard InChI is InChI=1S/C16H19N3O2/c1-12-4-3-5-14(10-12)21-9-8-19-16(20)15-11-13(17-2)6-7-18-15/h3-7,10-11H,8-9H2,1-2H3,(H,17,18)(H,19,20). The van der Waals surface area contributed by atoms with E-state index in [-0.39, 0.29) is 5.91 Å². The maximum atomic E-state index is 11.9. The summed E-state index contributed by atoms with van der Waals surface area (Å²) in [6, 6.07) is 11.3. The molecular weight excluding hydrogens is 266 g/mol. The molecule has 21 heavy (non-hydrogen) atoms. The molecule has 0 aliphatic heterocycles. The lowest BCUT2D eigenvalue weighted by atomic mass is 10.2. The zero-order valence-corrected chi connectivity index (χ0v) is 12.2. The van der Waals surface area contributed by atoms with Crippen LogP contribution in [0, 0.1) is 6.92 Å². The minimum Gasteiger partial charge on any atom is -0.492 e. The van der Waals surface area contributed by atoms with Gasteiger partial charge in [-0.3, -0.25) is 9.78 Å². The van der Waals surface area contributed by atoms with Crippen LogP contribution in [0.15, 0.2) is 42.6 Å². The molecule has 110 valence electrons. The van der Waals surface area contributed by atoms with E-state index in [1.54, 1.807) is 25.4 Å². The van der Waals surface area contributed by atoms with Crippen LogP contribution in [-0.4, -0.2) is 31.1 Å². The van der Waals surface area contributed by atoms with Crippen LogP contribution < -0.4 is 15.4 Å². The topological polar surface area (TPSA) is 63.2 Å². The minimum absolute atomic E-state index is 0.208. The van der Waals surface area contributed by atoms with Gasteiger partial charge in [0.25, 0.3) is 5.91 Å². The van der Waals surface area contributed by atoms with Crippen LogP contribution >= 0.6 is 0 Å². The Bertz CT molecular complexity index is 614. The van der Waals surface area contributed by atoms with Gasteiger partial charge in [0.2, 0.25) is 0 Å². The number of hydrogen-bond acceptors (Lipinski definition) is 4. The van der Waals surface area contributed by atoms with Crippen molar-refractivity contribution >= 4 is 11.6 Å². The van der Waals surface area contributed by atoms with Crippen molar-refractivity contribution in [2.75, 3.05) is 25.5 Å². The predicted molar refractivity (Wildman–Crippen MR) is 82.8 cm³/mol. The fourth-order valence-electron chi connectivity index (χ4n) is 1.84. The lowest BCUT2D eigenvalue weighted by molar-refractivity contribution is 0.0942. The third kappa shape index (κ3) is 4.49. The highest BCUT2D eigenvalue weighted by molar-refractivity contribution is 5.93. The number of pyridine rings is 1. The van der Waals surface area contributed by atoms with Crippen LogP contribution in [0.3, 0.4) is 0 Å². The van der Waals surface area contributed by atoms with Crippen molar-refractivity contribution < 1.29 is 9.53 Å². The molecule has 0 unspecified atom stereocenters. The van der Waals surface area contributed by atoms with Crippen LogP contribution in [-0.2, 0) is 0 Å². The molecule has 5 nitrogen and oxygen atoms in total. The van der Waals surface area contributed by atoms with Crippen molar-refractivity contribution in [3.8, 4) is 5.75 Å². The van der Waals surface area contributed by atoms with Crippen LogP contribution in [0.4, 0.5) is 5.69 Å². The molecule has 0 spiro atoms. The first kappa shape index (κ1) is 14.8. The summed E-state index contributed by atoms with van der Waals surface area (Å²) in [7, 11) is 1.80. The Morgan fingerprint density at radius 2 is 2.14 bits per heavy atom. The highest BCUT2D eigenvalue weighted by Crippen LogP contribution is 2.11. The van der Waals surface area contributed by atoms with Crippen molar-refractivity contribution in [1.82, 2.24) is 10.3 Å². The molecule has 0 bridgehead atoms. The number of carbonyl (C=O) groups excluding carboxylic acids is 1. The largest absolute Gasteiger partial charge is 0.492 e. The summed E-state index contributed by atoms with van der Waals surface area (Å²) in [5, 5.41) is 5.75. The summed E-state index contributed by atoms with van der Waals surface area (Å²) in [5.74, 6) is 0.597. The Hall–Kier alpha value is -2.56. The Labute approximate surface area is 124 Å². The zero-order valence-electron chi connectivity index (χ0n) is 12.2. The normalized spacial score (nSPS) is 10.0. The van der Waals surface area contributed by atoms with E-state index in [4.69, 9.17) is 4.74 Å². The number of hydrogen-bond donors (Lipinski definition) is 2. The molecule has 0 saturated carbocycles.